The molecule has 0 spiro atoms. The van der Waals surface area contributed by atoms with Crippen molar-refractivity contribution in [1.82, 2.24) is 5.32 Å². The van der Waals surface area contributed by atoms with Gasteiger partial charge in [-0.3, -0.25) is 0 Å². The molecule has 1 radical (unpaired) electrons. The highest BCUT2D eigenvalue weighted by molar-refractivity contribution is 4.75. The van der Waals surface area contributed by atoms with Crippen LogP contribution < -0.4 is 5.32 Å². The molecule has 0 aromatic rings. The lowest BCUT2D eigenvalue weighted by Crippen LogP contribution is -1.91. The van der Waals surface area contributed by atoms with Crippen LogP contribution in [0.3, 0.4) is 0 Å². The third-order valence-electron chi connectivity index (χ3n) is 0.291. The number of hydrogen-bond donors (Lipinski definition) is 0. The van der Waals surface area contributed by atoms with Crippen molar-refractivity contribution >= 4 is 0 Å². The molecule has 0 saturated carbocycles. The molecule has 0 aliphatic heterocycles. The van der Waals surface area contributed by atoms with Gasteiger partial charge >= 0.3 is 0 Å². The predicted octanol–water partition coefficient (Wildman–Crippen LogP) is 0.258. The Kier molecular flexibility index (Phi) is 3.38. The van der Waals surface area contributed by atoms with E-state index in [4.69, 9.17) is 5.26 Å². The van der Waals surface area contributed by atoms with Gasteiger partial charge in [-0.15, -0.1) is 6.58 Å². The maximum absolute atomic E-state index is 7.73. The van der Waals surface area contributed by atoms with Crippen molar-refractivity contribution in [3.05, 3.63) is 12.7 Å². The van der Waals surface area contributed by atoms with Crippen molar-refractivity contribution in [1.29, 1.82) is 5.26 Å². The second-order valence-corrected chi connectivity index (χ2v) is 0.729. The summed E-state index contributed by atoms with van der Waals surface area (Å²) in [6.45, 7) is 3.79. The molecule has 0 aliphatic rings. The molecule has 0 heterocycles. The van der Waals surface area contributed by atoms with E-state index in [-0.39, 0.29) is 0 Å². The fourth-order valence-electron chi connectivity index (χ4n) is 0.105. The molecule has 0 aromatic heterocycles. The number of rotatable bonds is 2. The van der Waals surface area contributed by atoms with Gasteiger partial charge in [0.1, 0.15) is 0 Å². The van der Waals surface area contributed by atoms with Crippen molar-refractivity contribution in [3.8, 4) is 6.19 Å². The normalized spacial score (nSPS) is 5.83. The van der Waals surface area contributed by atoms with Crippen LogP contribution in [0.4, 0.5) is 0 Å². The summed E-state index contributed by atoms with van der Waals surface area (Å²) in [5.41, 5.74) is 0. The molecule has 0 N–H and O–H groups in total. The average molecular weight is 81.1 g/mol. The summed E-state index contributed by atoms with van der Waals surface area (Å²) in [5, 5.41) is 11.0. The van der Waals surface area contributed by atoms with E-state index in [9.17, 15) is 0 Å². The highest BCUT2D eigenvalue weighted by Gasteiger charge is 1.67. The molecular formula is C4H5N2. The summed E-state index contributed by atoms with van der Waals surface area (Å²) in [4.78, 5) is 0. The minimum Gasteiger partial charge on any atom is -0.207 e. The Morgan fingerprint density at radius 1 is 2.00 bits per heavy atom. The van der Waals surface area contributed by atoms with E-state index in [1.165, 1.54) is 0 Å². The number of nitrogens with zero attached hydrogens (tertiary/aromatic N) is 2. The molecule has 0 aliphatic carbocycles. The Morgan fingerprint density at radius 2 is 2.67 bits per heavy atom. The van der Waals surface area contributed by atoms with Gasteiger partial charge in [-0.1, -0.05) is 6.08 Å². The molecule has 0 aromatic carbocycles. The third kappa shape index (κ3) is 3.03. The molecule has 0 fully saturated rings. The highest BCUT2D eigenvalue weighted by Crippen LogP contribution is 1.55. The van der Waals surface area contributed by atoms with Crippen LogP contribution in [-0.4, -0.2) is 6.54 Å². The zero-order valence-electron chi connectivity index (χ0n) is 3.39. The van der Waals surface area contributed by atoms with Crippen LogP contribution in [0.15, 0.2) is 12.7 Å². The first-order valence-corrected chi connectivity index (χ1v) is 1.58. The second kappa shape index (κ2) is 4.03. The summed E-state index contributed by atoms with van der Waals surface area (Å²) in [6.07, 6.45) is 3.20. The first kappa shape index (κ1) is 5.03. The molecule has 6 heavy (non-hydrogen) atoms. The van der Waals surface area contributed by atoms with E-state index in [1.807, 2.05) is 0 Å². The van der Waals surface area contributed by atoms with Crippen LogP contribution in [-0.2, 0) is 0 Å². The van der Waals surface area contributed by atoms with Gasteiger partial charge in [-0.25, -0.2) is 5.32 Å². The van der Waals surface area contributed by atoms with Crippen molar-refractivity contribution in [2.75, 3.05) is 6.54 Å². The largest absolute Gasteiger partial charge is 0.207 e. The van der Waals surface area contributed by atoms with Crippen molar-refractivity contribution in [3.63, 3.8) is 0 Å². The van der Waals surface area contributed by atoms with Crippen molar-refractivity contribution < 1.29 is 0 Å². The fraction of sp³-hybridized carbons (Fsp3) is 0.250. The van der Waals surface area contributed by atoms with Crippen LogP contribution in [0.1, 0.15) is 0 Å². The van der Waals surface area contributed by atoms with E-state index in [2.05, 4.69) is 11.9 Å². The van der Waals surface area contributed by atoms with E-state index in [1.54, 1.807) is 12.3 Å². The lowest BCUT2D eigenvalue weighted by Gasteiger charge is -1.73. The van der Waals surface area contributed by atoms with Crippen LogP contribution in [0.25, 0.3) is 0 Å². The fourth-order valence-corrected chi connectivity index (χ4v) is 0.105. The Balaban J connectivity index is 2.72. The van der Waals surface area contributed by atoms with Crippen molar-refractivity contribution in [2.45, 2.75) is 0 Å². The molecule has 0 rings (SSSR count). The van der Waals surface area contributed by atoms with Gasteiger partial charge in [0.25, 0.3) is 0 Å². The monoisotopic (exact) mass is 81.0 g/mol. The maximum atomic E-state index is 7.73. The topological polar surface area (TPSA) is 37.9 Å². The molecule has 2 heteroatoms. The lowest BCUT2D eigenvalue weighted by atomic mass is 10.6. The summed E-state index contributed by atoms with van der Waals surface area (Å²) in [7, 11) is 0. The van der Waals surface area contributed by atoms with Crippen LogP contribution in [0, 0.1) is 11.5 Å². The van der Waals surface area contributed by atoms with Crippen LogP contribution in [0.2, 0.25) is 0 Å². The summed E-state index contributed by atoms with van der Waals surface area (Å²) in [5.74, 6) is 0. The number of hydrogen-bond acceptors (Lipinski definition) is 1. The Morgan fingerprint density at radius 3 is 2.83 bits per heavy atom. The second-order valence-electron chi connectivity index (χ2n) is 0.729. The zero-order valence-corrected chi connectivity index (χ0v) is 3.39. The lowest BCUT2D eigenvalue weighted by molar-refractivity contribution is 0.983. The van der Waals surface area contributed by atoms with Gasteiger partial charge < -0.3 is 0 Å². The van der Waals surface area contributed by atoms with Crippen molar-refractivity contribution in [2.24, 2.45) is 0 Å². The van der Waals surface area contributed by atoms with E-state index in [0.29, 0.717) is 6.54 Å². The third-order valence-corrected chi connectivity index (χ3v) is 0.291. The zero-order chi connectivity index (χ0) is 4.83. The summed E-state index contributed by atoms with van der Waals surface area (Å²) >= 11 is 0. The van der Waals surface area contributed by atoms with Gasteiger partial charge in [-0.05, 0) is 0 Å². The quantitative estimate of drug-likeness (QED) is 0.267. The predicted molar refractivity (Wildman–Crippen MR) is 22.8 cm³/mol. The van der Waals surface area contributed by atoms with Crippen LogP contribution >= 0.6 is 0 Å². The molecule has 31 valence electrons. The van der Waals surface area contributed by atoms with Gasteiger partial charge in [0, 0.05) is 0 Å². The first-order chi connectivity index (χ1) is 2.91. The minimum absolute atomic E-state index is 0.441. The molecule has 0 unspecified atom stereocenters. The average Bonchev–Trinajstić information content (AvgIpc) is 1.61. The first-order valence-electron chi connectivity index (χ1n) is 1.58. The number of nitriles is 1. The summed E-state index contributed by atoms with van der Waals surface area (Å²) < 4.78 is 0. The molecule has 0 saturated heterocycles. The summed E-state index contributed by atoms with van der Waals surface area (Å²) in [6, 6.07) is 0. The molecular weight excluding hydrogens is 76.1 g/mol. The Hall–Kier alpha value is -0.970. The SMILES string of the molecule is C=CC[N]C#N. The Bertz CT molecular complexity index is 70.1. The molecule has 0 bridgehead atoms. The van der Waals surface area contributed by atoms with E-state index >= 15 is 0 Å². The van der Waals surface area contributed by atoms with E-state index in [0.717, 1.165) is 0 Å². The smallest absolute Gasteiger partial charge is 0.201 e. The molecule has 0 atom stereocenters. The molecule has 2 nitrogen and oxygen atoms in total. The standard InChI is InChI=1S/C4H5N2/c1-2-3-6-4-5/h2H,1,3H2. The van der Waals surface area contributed by atoms with E-state index < -0.39 is 0 Å². The Labute approximate surface area is 37.1 Å². The van der Waals surface area contributed by atoms with Gasteiger partial charge in [0.15, 0.2) is 0 Å². The molecule has 0 amide bonds. The van der Waals surface area contributed by atoms with Gasteiger partial charge in [0.05, 0.1) is 6.54 Å². The van der Waals surface area contributed by atoms with Gasteiger partial charge in [-0.2, -0.15) is 5.26 Å². The maximum Gasteiger partial charge on any atom is 0.201 e. The highest BCUT2D eigenvalue weighted by atomic mass is 14.8. The van der Waals surface area contributed by atoms with Gasteiger partial charge in [0.2, 0.25) is 6.19 Å². The van der Waals surface area contributed by atoms with Crippen LogP contribution in [0.5, 0.6) is 0 Å². The minimum atomic E-state index is 0.441.